The van der Waals surface area contributed by atoms with Crippen LogP contribution in [0.2, 0.25) is 0 Å². The molecule has 3 atom stereocenters. The molecule has 0 aromatic heterocycles. The average molecular weight is 284 g/mol. The number of nitrogens with zero attached hydrogens (tertiary/aromatic N) is 2. The van der Waals surface area contributed by atoms with Crippen LogP contribution in [0.15, 0.2) is 24.3 Å². The fourth-order valence-corrected chi connectivity index (χ4v) is 4.98. The first-order valence-electron chi connectivity index (χ1n) is 8.80. The number of piperazine rings is 1. The van der Waals surface area contributed by atoms with E-state index in [1.54, 1.807) is 0 Å². The van der Waals surface area contributed by atoms with E-state index in [2.05, 4.69) is 41.0 Å². The lowest BCUT2D eigenvalue weighted by Gasteiger charge is -2.41. The standard InChI is InChI=1S/C19H28N2/c1-15-3-2-4-17(11-15)14-20-7-9-21(10-8-20)19-13-16-5-6-18(19)12-16/h2-4,11,16,18-19H,5-10,12-14H2,1H3/t16-,18-,19-/m1/s1. The summed E-state index contributed by atoms with van der Waals surface area (Å²) in [6.07, 6.45) is 6.07. The molecule has 114 valence electrons. The molecule has 1 saturated heterocycles. The Hall–Kier alpha value is -0.860. The molecular weight excluding hydrogens is 256 g/mol. The van der Waals surface area contributed by atoms with Crippen LogP contribution in [-0.2, 0) is 6.54 Å². The van der Waals surface area contributed by atoms with Crippen LogP contribution in [-0.4, -0.2) is 42.0 Å². The topological polar surface area (TPSA) is 6.48 Å². The molecule has 1 aromatic rings. The number of hydrogen-bond donors (Lipinski definition) is 0. The van der Waals surface area contributed by atoms with Gasteiger partial charge in [-0.2, -0.15) is 0 Å². The second-order valence-electron chi connectivity index (χ2n) is 7.54. The minimum absolute atomic E-state index is 0.935. The van der Waals surface area contributed by atoms with Gasteiger partial charge in [-0.3, -0.25) is 9.80 Å². The van der Waals surface area contributed by atoms with Crippen LogP contribution < -0.4 is 0 Å². The highest BCUT2D eigenvalue weighted by molar-refractivity contribution is 5.22. The van der Waals surface area contributed by atoms with Gasteiger partial charge in [0, 0.05) is 38.8 Å². The molecule has 4 rings (SSSR count). The molecule has 0 N–H and O–H groups in total. The van der Waals surface area contributed by atoms with Crippen molar-refractivity contribution in [2.24, 2.45) is 11.8 Å². The van der Waals surface area contributed by atoms with E-state index in [0.29, 0.717) is 0 Å². The molecule has 2 heteroatoms. The van der Waals surface area contributed by atoms with E-state index in [9.17, 15) is 0 Å². The number of fused-ring (bicyclic) bond motifs is 2. The van der Waals surface area contributed by atoms with Crippen molar-refractivity contribution in [1.82, 2.24) is 9.80 Å². The molecule has 0 amide bonds. The van der Waals surface area contributed by atoms with Crippen LogP contribution in [0.1, 0.15) is 36.8 Å². The maximum Gasteiger partial charge on any atom is 0.0234 e. The third-order valence-corrected chi connectivity index (χ3v) is 6.07. The van der Waals surface area contributed by atoms with Crippen molar-refractivity contribution in [3.8, 4) is 0 Å². The summed E-state index contributed by atoms with van der Waals surface area (Å²) >= 11 is 0. The Bertz CT molecular complexity index is 490. The molecule has 2 bridgehead atoms. The van der Waals surface area contributed by atoms with Crippen molar-refractivity contribution in [3.63, 3.8) is 0 Å². The monoisotopic (exact) mass is 284 g/mol. The predicted octanol–water partition coefficient (Wildman–Crippen LogP) is 3.30. The van der Waals surface area contributed by atoms with E-state index < -0.39 is 0 Å². The number of hydrogen-bond acceptors (Lipinski definition) is 2. The maximum absolute atomic E-state index is 2.82. The Morgan fingerprint density at radius 1 is 1.05 bits per heavy atom. The quantitative estimate of drug-likeness (QED) is 0.840. The Balaban J connectivity index is 1.31. The molecule has 0 radical (unpaired) electrons. The van der Waals surface area contributed by atoms with Crippen molar-refractivity contribution >= 4 is 0 Å². The molecule has 3 fully saturated rings. The number of benzene rings is 1. The molecule has 3 aliphatic rings. The Morgan fingerprint density at radius 3 is 2.57 bits per heavy atom. The van der Waals surface area contributed by atoms with Gasteiger partial charge in [-0.05, 0) is 43.6 Å². The summed E-state index contributed by atoms with van der Waals surface area (Å²) in [4.78, 5) is 5.45. The summed E-state index contributed by atoms with van der Waals surface area (Å²) in [5.41, 5.74) is 2.86. The zero-order valence-corrected chi connectivity index (χ0v) is 13.3. The molecule has 21 heavy (non-hydrogen) atoms. The molecule has 0 unspecified atom stereocenters. The smallest absolute Gasteiger partial charge is 0.0234 e. The van der Waals surface area contributed by atoms with Crippen molar-refractivity contribution < 1.29 is 0 Å². The minimum atomic E-state index is 0.935. The fraction of sp³-hybridized carbons (Fsp3) is 0.684. The normalized spacial score (nSPS) is 33.7. The van der Waals surface area contributed by atoms with Gasteiger partial charge < -0.3 is 0 Å². The highest BCUT2D eigenvalue weighted by Gasteiger charge is 2.42. The molecule has 1 aromatic carbocycles. The van der Waals surface area contributed by atoms with Crippen molar-refractivity contribution in [1.29, 1.82) is 0 Å². The molecule has 1 aliphatic heterocycles. The summed E-state index contributed by atoms with van der Waals surface area (Å²) in [5, 5.41) is 0. The van der Waals surface area contributed by atoms with Gasteiger partial charge in [0.15, 0.2) is 0 Å². The minimum Gasteiger partial charge on any atom is -0.298 e. The van der Waals surface area contributed by atoms with Gasteiger partial charge in [0.05, 0.1) is 0 Å². The van der Waals surface area contributed by atoms with E-state index in [1.807, 2.05) is 0 Å². The highest BCUT2D eigenvalue weighted by Crippen LogP contribution is 2.46. The Morgan fingerprint density at radius 2 is 1.90 bits per heavy atom. The van der Waals surface area contributed by atoms with Crippen LogP contribution >= 0.6 is 0 Å². The fourth-order valence-electron chi connectivity index (χ4n) is 4.98. The van der Waals surface area contributed by atoms with Gasteiger partial charge in [-0.15, -0.1) is 0 Å². The average Bonchev–Trinajstić information content (AvgIpc) is 3.11. The van der Waals surface area contributed by atoms with E-state index in [-0.39, 0.29) is 0 Å². The zero-order chi connectivity index (χ0) is 14.2. The van der Waals surface area contributed by atoms with Crippen molar-refractivity contribution in [2.75, 3.05) is 26.2 Å². The van der Waals surface area contributed by atoms with Gasteiger partial charge in [0.1, 0.15) is 0 Å². The zero-order valence-electron chi connectivity index (χ0n) is 13.3. The third kappa shape index (κ3) is 2.89. The summed E-state index contributed by atoms with van der Waals surface area (Å²) in [7, 11) is 0. The lowest BCUT2D eigenvalue weighted by molar-refractivity contribution is 0.0679. The van der Waals surface area contributed by atoms with Crippen LogP contribution in [0.25, 0.3) is 0 Å². The first kappa shape index (κ1) is 13.8. The van der Waals surface area contributed by atoms with Gasteiger partial charge in [0.2, 0.25) is 0 Å². The Labute approximate surface area is 129 Å². The lowest BCUT2D eigenvalue weighted by Crippen LogP contribution is -2.51. The van der Waals surface area contributed by atoms with Gasteiger partial charge in [-0.25, -0.2) is 0 Å². The second-order valence-corrected chi connectivity index (χ2v) is 7.54. The summed E-state index contributed by atoms with van der Waals surface area (Å²) < 4.78 is 0. The highest BCUT2D eigenvalue weighted by atomic mass is 15.3. The van der Waals surface area contributed by atoms with Crippen LogP contribution in [0, 0.1) is 18.8 Å². The van der Waals surface area contributed by atoms with E-state index in [4.69, 9.17) is 0 Å². The third-order valence-electron chi connectivity index (χ3n) is 6.07. The lowest BCUT2D eigenvalue weighted by atomic mass is 9.93. The number of rotatable bonds is 3. The molecule has 2 nitrogen and oxygen atoms in total. The van der Waals surface area contributed by atoms with Crippen LogP contribution in [0.4, 0.5) is 0 Å². The van der Waals surface area contributed by atoms with E-state index in [1.165, 1.54) is 63.0 Å². The van der Waals surface area contributed by atoms with Crippen LogP contribution in [0.5, 0.6) is 0 Å². The first-order valence-corrected chi connectivity index (χ1v) is 8.80. The second kappa shape index (κ2) is 5.73. The van der Waals surface area contributed by atoms with Crippen LogP contribution in [0.3, 0.4) is 0 Å². The summed E-state index contributed by atoms with van der Waals surface area (Å²) in [6.45, 7) is 8.41. The van der Waals surface area contributed by atoms with Gasteiger partial charge in [0.25, 0.3) is 0 Å². The van der Waals surface area contributed by atoms with Crippen molar-refractivity contribution in [2.45, 2.75) is 45.2 Å². The van der Waals surface area contributed by atoms with Crippen molar-refractivity contribution in [3.05, 3.63) is 35.4 Å². The van der Waals surface area contributed by atoms with Gasteiger partial charge in [-0.1, -0.05) is 36.2 Å². The molecule has 2 aliphatic carbocycles. The molecular formula is C19H28N2. The maximum atomic E-state index is 2.82. The van der Waals surface area contributed by atoms with Gasteiger partial charge >= 0.3 is 0 Å². The molecule has 1 heterocycles. The molecule has 0 spiro atoms. The SMILES string of the molecule is Cc1cccc(CN2CCN([C@@H]3C[C@@H]4CC[C@@H]3C4)CC2)c1. The first-order chi connectivity index (χ1) is 10.3. The summed E-state index contributed by atoms with van der Waals surface area (Å²) in [6, 6.07) is 9.93. The molecule has 2 saturated carbocycles. The van der Waals surface area contributed by atoms with E-state index in [0.717, 1.165) is 24.4 Å². The Kier molecular flexibility index (Phi) is 3.76. The summed E-state index contributed by atoms with van der Waals surface area (Å²) in [5.74, 6) is 2.11. The predicted molar refractivity (Wildman–Crippen MR) is 87.3 cm³/mol. The van der Waals surface area contributed by atoms with E-state index >= 15 is 0 Å². The largest absolute Gasteiger partial charge is 0.298 e. The number of aryl methyl sites for hydroxylation is 1.